The normalized spacial score (nSPS) is 17.7. The van der Waals surface area contributed by atoms with Crippen LogP contribution in [0, 0.1) is 10.2 Å². The standard InChI is InChI=1S/C27H31NO4.ClHO4/c1-4-28(5-2)19-14-15-22-24(16-19)32-26-18(17-31-6-3)10-9-13-23(26)25(22)20-11-7-8-12-21(20)27(29)30;2-1(3,4)5/h7-8,11-12,14-17,25H,4-6,9-10,13H2,1-3H3,(H,29,30);(H,2,3,4,5)/b18-17+;. The molecule has 0 saturated carbocycles. The molecule has 2 aromatic rings. The van der Waals surface area contributed by atoms with E-state index in [0.29, 0.717) is 12.2 Å². The summed E-state index contributed by atoms with van der Waals surface area (Å²) in [6, 6.07) is 13.7. The average molecular weight is 534 g/mol. The van der Waals surface area contributed by atoms with E-state index in [1.165, 1.54) is 0 Å². The number of carbonyl (C=O) groups is 1. The lowest BCUT2D eigenvalue weighted by Gasteiger charge is -2.36. The van der Waals surface area contributed by atoms with E-state index < -0.39 is 16.2 Å². The van der Waals surface area contributed by atoms with E-state index in [0.717, 1.165) is 71.8 Å². The van der Waals surface area contributed by atoms with Crippen LogP contribution in [0.5, 0.6) is 5.75 Å². The summed E-state index contributed by atoms with van der Waals surface area (Å²) in [6.07, 6.45) is 4.56. The van der Waals surface area contributed by atoms with Crippen molar-refractivity contribution < 1.29 is 48.3 Å². The van der Waals surface area contributed by atoms with E-state index >= 15 is 0 Å². The molecule has 4 rings (SSSR count). The molecule has 0 saturated heterocycles. The van der Waals surface area contributed by atoms with Crippen molar-refractivity contribution >= 4 is 11.7 Å². The number of benzene rings is 2. The van der Waals surface area contributed by atoms with Gasteiger partial charge in [-0.1, -0.05) is 24.3 Å². The third-order valence-corrected chi connectivity index (χ3v) is 6.37. The fraction of sp³-hybridized carbons (Fsp3) is 0.370. The molecule has 1 aliphatic heterocycles. The summed E-state index contributed by atoms with van der Waals surface area (Å²) < 4.78 is 44.9. The van der Waals surface area contributed by atoms with Crippen molar-refractivity contribution in [3.63, 3.8) is 0 Å². The number of allylic oxidation sites excluding steroid dienone is 2. The van der Waals surface area contributed by atoms with Crippen LogP contribution >= 0.6 is 0 Å². The van der Waals surface area contributed by atoms with Gasteiger partial charge in [-0.05, 0) is 63.3 Å². The van der Waals surface area contributed by atoms with Crippen LogP contribution in [0.1, 0.15) is 67.4 Å². The van der Waals surface area contributed by atoms with Gasteiger partial charge in [-0.25, -0.2) is 4.79 Å². The smallest absolute Gasteiger partial charge is 0.335 e. The number of hydrogen-bond acceptors (Lipinski definition) is 8. The molecule has 10 heteroatoms. The maximum Gasteiger partial charge on any atom is 0.335 e. The third-order valence-electron chi connectivity index (χ3n) is 6.37. The van der Waals surface area contributed by atoms with E-state index in [9.17, 15) is 9.90 Å². The number of ether oxygens (including phenoxy) is 2. The first kappa shape index (κ1) is 28.5. The van der Waals surface area contributed by atoms with Crippen LogP contribution in [0.25, 0.3) is 0 Å². The first-order chi connectivity index (χ1) is 17.6. The second-order valence-corrected chi connectivity index (χ2v) is 9.32. The highest BCUT2D eigenvalue weighted by molar-refractivity contribution is 5.90. The van der Waals surface area contributed by atoms with Crippen molar-refractivity contribution in [1.29, 1.82) is 0 Å². The second-order valence-electron chi connectivity index (χ2n) is 8.52. The Morgan fingerprint density at radius 2 is 1.78 bits per heavy atom. The lowest BCUT2D eigenvalue weighted by Crippen LogP contribution is -2.58. The number of carboxylic acids is 1. The SMILES string of the molecule is CCO/C=C1\CCCC2=C1Oc1cc(N(CC)CC)ccc1C2c1ccccc1C(=O)O.[O-][Cl+3]([O-])([O-])O. The van der Waals surface area contributed by atoms with E-state index in [-0.39, 0.29) is 5.92 Å². The van der Waals surface area contributed by atoms with Crippen LogP contribution in [0.2, 0.25) is 0 Å². The molecule has 1 unspecified atom stereocenters. The van der Waals surface area contributed by atoms with Gasteiger partial charge in [0.15, 0.2) is 0 Å². The summed E-state index contributed by atoms with van der Waals surface area (Å²) in [5.41, 5.74) is 5.46. The van der Waals surface area contributed by atoms with Crippen molar-refractivity contribution in [3.8, 4) is 5.75 Å². The number of nitrogens with zero attached hydrogens (tertiary/aromatic N) is 1. The van der Waals surface area contributed by atoms with Crippen LogP contribution in [0.4, 0.5) is 5.69 Å². The largest absolute Gasteiger partial charge is 0.501 e. The molecule has 0 radical (unpaired) electrons. The molecule has 200 valence electrons. The average Bonchev–Trinajstić information content (AvgIpc) is 2.85. The number of aromatic carboxylic acids is 1. The maximum atomic E-state index is 12.1. The highest BCUT2D eigenvalue weighted by atomic mass is 35.7. The Kier molecular flexibility index (Phi) is 9.58. The maximum absolute atomic E-state index is 12.1. The van der Waals surface area contributed by atoms with Gasteiger partial charge in [0.25, 0.3) is 0 Å². The number of anilines is 1. The molecule has 0 amide bonds. The number of fused-ring (bicyclic) bond motifs is 1. The second kappa shape index (κ2) is 12.4. The molecule has 1 heterocycles. The topological polar surface area (TPSA) is 148 Å². The molecule has 0 spiro atoms. The zero-order valence-electron chi connectivity index (χ0n) is 21.1. The van der Waals surface area contributed by atoms with Gasteiger partial charge in [0.2, 0.25) is 0 Å². The highest BCUT2D eigenvalue weighted by Gasteiger charge is 2.36. The van der Waals surface area contributed by atoms with E-state index in [1.54, 1.807) is 12.1 Å². The molecule has 0 bridgehead atoms. The number of hydrogen-bond donors (Lipinski definition) is 2. The minimum absolute atomic E-state index is 0.155. The van der Waals surface area contributed by atoms with Crippen molar-refractivity contribution in [2.75, 3.05) is 24.6 Å². The molecule has 2 aliphatic rings. The predicted molar refractivity (Wildman–Crippen MR) is 129 cm³/mol. The van der Waals surface area contributed by atoms with Gasteiger partial charge in [-0.15, -0.1) is 0 Å². The summed E-state index contributed by atoms with van der Waals surface area (Å²) in [7, 11) is -4.69. The van der Waals surface area contributed by atoms with Crippen LogP contribution in [-0.2, 0) is 4.74 Å². The minimum atomic E-state index is -4.69. The summed E-state index contributed by atoms with van der Waals surface area (Å²) in [5.74, 6) is 0.579. The lowest BCUT2D eigenvalue weighted by molar-refractivity contribution is -1.92. The van der Waals surface area contributed by atoms with Crippen molar-refractivity contribution in [2.24, 2.45) is 0 Å². The van der Waals surface area contributed by atoms with Gasteiger partial charge < -0.3 is 19.5 Å². The summed E-state index contributed by atoms with van der Waals surface area (Å²) in [4.78, 5) is 14.4. The first-order valence-electron chi connectivity index (χ1n) is 12.1. The zero-order chi connectivity index (χ0) is 27.2. The quantitative estimate of drug-likeness (QED) is 0.509. The number of halogens is 1. The predicted octanol–water partition coefficient (Wildman–Crippen LogP) is 1.99. The summed E-state index contributed by atoms with van der Waals surface area (Å²) in [6.45, 7) is 8.66. The molecular formula is C27H32ClNO8. The van der Waals surface area contributed by atoms with Gasteiger partial charge in [0, 0.05) is 41.9 Å². The minimum Gasteiger partial charge on any atom is -0.501 e. The van der Waals surface area contributed by atoms with Crippen molar-refractivity contribution in [3.05, 3.63) is 82.3 Å². The first-order valence-corrected chi connectivity index (χ1v) is 13.4. The molecule has 1 aliphatic carbocycles. The Balaban J connectivity index is 0.000000695. The summed E-state index contributed by atoms with van der Waals surface area (Å²) >= 11 is 0. The third kappa shape index (κ3) is 7.03. The fourth-order valence-corrected chi connectivity index (χ4v) is 4.84. The van der Waals surface area contributed by atoms with Gasteiger partial charge in [-0.2, -0.15) is 14.0 Å². The Morgan fingerprint density at radius 1 is 1.11 bits per heavy atom. The van der Waals surface area contributed by atoms with Crippen LogP contribution in [0.15, 0.2) is 65.6 Å². The van der Waals surface area contributed by atoms with Crippen molar-refractivity contribution in [2.45, 2.75) is 46.0 Å². The Bertz CT molecular complexity index is 1160. The molecule has 2 N–H and O–H groups in total. The van der Waals surface area contributed by atoms with E-state index in [2.05, 4.69) is 36.9 Å². The van der Waals surface area contributed by atoms with E-state index in [1.807, 2.05) is 25.3 Å². The van der Waals surface area contributed by atoms with Crippen LogP contribution in [0.3, 0.4) is 0 Å². The highest BCUT2D eigenvalue weighted by Crippen LogP contribution is 2.50. The monoisotopic (exact) mass is 533 g/mol. The Hall–Kier alpha value is -3.08. The van der Waals surface area contributed by atoms with Gasteiger partial charge >= 0.3 is 5.97 Å². The van der Waals surface area contributed by atoms with Crippen LogP contribution in [-0.4, -0.2) is 35.4 Å². The summed E-state index contributed by atoms with van der Waals surface area (Å²) in [5, 5.41) is 9.90. The molecule has 9 nitrogen and oxygen atoms in total. The van der Waals surface area contributed by atoms with E-state index in [4.69, 9.17) is 28.1 Å². The Labute approximate surface area is 218 Å². The molecule has 1 atom stereocenters. The number of carboxylic acid groups (broad SMARTS) is 1. The Morgan fingerprint density at radius 3 is 2.41 bits per heavy atom. The molecule has 0 aromatic heterocycles. The lowest BCUT2D eigenvalue weighted by atomic mass is 9.75. The van der Waals surface area contributed by atoms with Gasteiger partial charge in [0.05, 0.1) is 33.3 Å². The molecule has 2 aromatic carbocycles. The zero-order valence-corrected chi connectivity index (χ0v) is 21.9. The number of rotatable bonds is 7. The van der Waals surface area contributed by atoms with Gasteiger partial charge in [-0.3, -0.25) is 0 Å². The van der Waals surface area contributed by atoms with Gasteiger partial charge in [0.1, 0.15) is 11.5 Å². The molecule has 0 fully saturated rings. The van der Waals surface area contributed by atoms with Crippen molar-refractivity contribution in [1.82, 2.24) is 0 Å². The molecular weight excluding hydrogens is 502 g/mol. The molecule has 37 heavy (non-hydrogen) atoms. The fourth-order valence-electron chi connectivity index (χ4n) is 4.84. The van der Waals surface area contributed by atoms with Crippen LogP contribution < -0.4 is 23.6 Å².